The van der Waals surface area contributed by atoms with Crippen LogP contribution in [0.4, 0.5) is 35.2 Å². The lowest BCUT2D eigenvalue weighted by Crippen LogP contribution is -2.38. The minimum atomic E-state index is -4.67. The summed E-state index contributed by atoms with van der Waals surface area (Å²) in [6, 6.07) is 1.26. The maximum absolute atomic E-state index is 12.9. The number of alkyl halides is 3. The number of nitrogens with two attached hydrogens (primary N) is 2. The molecule has 0 radical (unpaired) electrons. The normalized spacial score (nSPS) is 13.3. The fourth-order valence-electron chi connectivity index (χ4n) is 2.25. The van der Waals surface area contributed by atoms with Gasteiger partial charge in [0.2, 0.25) is 0 Å². The highest BCUT2D eigenvalue weighted by molar-refractivity contribution is 7.92. The molecule has 9 nitrogen and oxygen atoms in total. The third-order valence-electron chi connectivity index (χ3n) is 3.48. The molecule has 164 valence electrons. The van der Waals surface area contributed by atoms with Crippen LogP contribution < -0.4 is 15.8 Å². The number of rotatable bonds is 5. The van der Waals surface area contributed by atoms with Crippen molar-refractivity contribution in [1.82, 2.24) is 10.2 Å². The smallest absolute Gasteiger partial charge is 0.456 e. The Balaban J connectivity index is 2.57. The molecule has 1 atom stereocenters. The molecule has 0 fully saturated rings. The number of anilines is 2. The third-order valence-corrected chi connectivity index (χ3v) is 4.90. The lowest BCUT2D eigenvalue weighted by Gasteiger charge is -2.20. The maximum Gasteiger partial charge on any atom is 0.456 e. The number of amides is 1. The van der Waals surface area contributed by atoms with E-state index in [-0.39, 0.29) is 29.5 Å². The number of halogens is 5. The van der Waals surface area contributed by atoms with Gasteiger partial charge in [0.15, 0.2) is 17.2 Å². The van der Waals surface area contributed by atoms with Gasteiger partial charge in [0.05, 0.1) is 33.6 Å². The van der Waals surface area contributed by atoms with Crippen molar-refractivity contribution >= 4 is 63.7 Å². The van der Waals surface area contributed by atoms with Crippen molar-refractivity contribution in [3.63, 3.8) is 0 Å². The third kappa shape index (κ3) is 5.03. The molecule has 0 aliphatic rings. The van der Waals surface area contributed by atoms with E-state index in [1.165, 1.54) is 6.26 Å². The number of H-pyrrole nitrogens is 1. The number of aromatic nitrogens is 2. The molecule has 5 N–H and O–H groups in total. The Hall–Kier alpha value is -2.35. The van der Waals surface area contributed by atoms with E-state index in [1.807, 2.05) is 0 Å². The molecule has 2 rings (SSSR count). The van der Waals surface area contributed by atoms with Crippen LogP contribution in [0, 0.1) is 0 Å². The zero-order valence-electron chi connectivity index (χ0n) is 15.4. The number of hydrogen-bond donors (Lipinski definition) is 3. The second-order valence-electron chi connectivity index (χ2n) is 5.53. The first-order valence-electron chi connectivity index (χ1n) is 7.93. The van der Waals surface area contributed by atoms with E-state index in [4.69, 9.17) is 39.4 Å². The minimum Gasteiger partial charge on any atom is -0.593 e. The Kier molecular flexibility index (Phi) is 7.34. The van der Waals surface area contributed by atoms with Crippen molar-refractivity contribution < 1.29 is 27.3 Å². The molecule has 2 aromatic rings. The zero-order chi connectivity index (χ0) is 22.8. The molecular weight excluding hydrogens is 472 g/mol. The monoisotopic (exact) mass is 486 g/mol. The van der Waals surface area contributed by atoms with Crippen LogP contribution in [0.3, 0.4) is 0 Å². The number of nitrogens with zero attached hydrogens (tertiary/aromatic N) is 3. The van der Waals surface area contributed by atoms with Gasteiger partial charge in [-0.15, -0.1) is 0 Å². The van der Waals surface area contributed by atoms with Gasteiger partial charge in [-0.2, -0.15) is 18.3 Å². The van der Waals surface area contributed by atoms with E-state index in [0.29, 0.717) is 16.4 Å². The molecule has 1 amide bonds. The second-order valence-corrected chi connectivity index (χ2v) is 7.56. The van der Waals surface area contributed by atoms with Crippen LogP contribution in [0.5, 0.6) is 0 Å². The first-order valence-corrected chi connectivity index (χ1v) is 10.2. The Morgan fingerprint density at radius 2 is 1.97 bits per heavy atom. The number of ether oxygens (including phenoxy) is 1. The topological polar surface area (TPSA) is 146 Å². The zero-order valence-corrected chi connectivity index (χ0v) is 17.7. The van der Waals surface area contributed by atoms with E-state index in [9.17, 15) is 22.5 Å². The summed E-state index contributed by atoms with van der Waals surface area (Å²) in [4.78, 5) is 16.1. The van der Waals surface area contributed by atoms with Gasteiger partial charge >= 0.3 is 12.3 Å². The van der Waals surface area contributed by atoms with Gasteiger partial charge in [0.25, 0.3) is 0 Å². The van der Waals surface area contributed by atoms with Gasteiger partial charge in [0, 0.05) is 0 Å². The van der Waals surface area contributed by atoms with Crippen molar-refractivity contribution in [3.8, 4) is 0 Å². The summed E-state index contributed by atoms with van der Waals surface area (Å²) >= 11 is 9.84. The maximum atomic E-state index is 12.9. The molecule has 0 saturated heterocycles. The molecule has 1 unspecified atom stereocenters. The fraction of sp³-hybridized carbons (Fsp3) is 0.267. The second kappa shape index (κ2) is 9.20. The number of aliphatic imine (C=N–C) groups is 1. The van der Waals surface area contributed by atoms with Crippen LogP contribution in [-0.2, 0) is 22.3 Å². The van der Waals surface area contributed by atoms with Crippen LogP contribution in [0.15, 0.2) is 17.1 Å². The molecule has 30 heavy (non-hydrogen) atoms. The largest absolute Gasteiger partial charge is 0.593 e. The molecule has 0 aliphatic heterocycles. The lowest BCUT2D eigenvalue weighted by molar-refractivity contribution is -0.137. The molecule has 1 aromatic carbocycles. The summed E-state index contributed by atoms with van der Waals surface area (Å²) in [6.07, 6.45) is -4.48. The van der Waals surface area contributed by atoms with E-state index in [2.05, 4.69) is 15.2 Å². The quantitative estimate of drug-likeness (QED) is 0.334. The highest BCUT2D eigenvalue weighted by atomic mass is 35.5. The average Bonchev–Trinajstić information content (AvgIpc) is 2.98. The van der Waals surface area contributed by atoms with Crippen LogP contribution in [0.1, 0.15) is 18.2 Å². The predicted molar refractivity (Wildman–Crippen MR) is 108 cm³/mol. The Morgan fingerprint density at radius 1 is 1.40 bits per heavy atom. The van der Waals surface area contributed by atoms with Crippen LogP contribution >= 0.6 is 23.2 Å². The number of nitrogens with one attached hydrogen (secondary N) is 1. The van der Waals surface area contributed by atoms with E-state index in [1.54, 1.807) is 6.92 Å². The Morgan fingerprint density at radius 3 is 2.43 bits per heavy atom. The molecule has 15 heteroatoms. The van der Waals surface area contributed by atoms with E-state index >= 15 is 0 Å². The van der Waals surface area contributed by atoms with Crippen molar-refractivity contribution in [2.45, 2.75) is 13.1 Å². The fourth-order valence-corrected chi connectivity index (χ4v) is 3.53. The molecule has 0 bridgehead atoms. The van der Waals surface area contributed by atoms with Gasteiger partial charge in [0.1, 0.15) is 17.8 Å². The van der Waals surface area contributed by atoms with Crippen molar-refractivity contribution in [3.05, 3.63) is 33.4 Å². The summed E-state index contributed by atoms with van der Waals surface area (Å²) in [7, 11) is 0. The molecule has 0 spiro atoms. The number of amidine groups is 1. The van der Waals surface area contributed by atoms with Crippen molar-refractivity contribution in [1.29, 1.82) is 0 Å². The van der Waals surface area contributed by atoms with Gasteiger partial charge in [-0.25, -0.2) is 9.79 Å². The Bertz CT molecular complexity index is 960. The van der Waals surface area contributed by atoms with Crippen LogP contribution in [-0.4, -0.2) is 39.5 Å². The lowest BCUT2D eigenvalue weighted by atomic mass is 10.2. The van der Waals surface area contributed by atoms with Gasteiger partial charge in [-0.3, -0.25) is 5.10 Å². The van der Waals surface area contributed by atoms with E-state index < -0.39 is 45.1 Å². The number of carbonyl (C=O) groups excluding carboxylic acids is 1. The molecule has 1 heterocycles. The van der Waals surface area contributed by atoms with Gasteiger partial charge in [-0.05, 0) is 19.1 Å². The SMILES string of the molecule is CCOC(=O)N(c1c(C(N)=Nc2c(Cl)cc(C(F)(F)F)cc2Cl)n[nH]c1N)[S+](C)[O-]. The van der Waals surface area contributed by atoms with Gasteiger partial charge in [-0.1, -0.05) is 27.5 Å². The molecular formula is C15H15Cl2F3N6O3S. The number of aromatic amines is 1. The standard InChI is InChI=1S/C15H15Cl2F3N6O3S/c1-3-29-14(27)26(30(2)28)11-10(24-25-13(11)22)12(21)23-9-7(16)4-6(5-8(9)17)15(18,19)20/h4-5H,3H2,1-2H3,(H2,21,23)(H3,22,24,25). The summed E-state index contributed by atoms with van der Waals surface area (Å²) in [5.41, 5.74) is 9.93. The summed E-state index contributed by atoms with van der Waals surface area (Å²) in [6.45, 7) is 1.53. The molecule has 1 aromatic heterocycles. The molecule has 0 saturated carbocycles. The summed E-state index contributed by atoms with van der Waals surface area (Å²) < 4.78 is 56.3. The van der Waals surface area contributed by atoms with Crippen molar-refractivity contribution in [2.75, 3.05) is 22.9 Å². The number of benzene rings is 1. The number of nitrogen functional groups attached to an aromatic ring is 1. The highest BCUT2D eigenvalue weighted by Crippen LogP contribution is 2.40. The first kappa shape index (κ1) is 23.9. The molecule has 0 aliphatic carbocycles. The average molecular weight is 487 g/mol. The predicted octanol–water partition coefficient (Wildman–Crippen LogP) is 3.61. The number of carbonyl (C=O) groups is 1. The minimum absolute atomic E-state index is 0.0139. The summed E-state index contributed by atoms with van der Waals surface area (Å²) in [5, 5.41) is 5.33. The van der Waals surface area contributed by atoms with Gasteiger partial charge < -0.3 is 20.8 Å². The van der Waals surface area contributed by atoms with E-state index in [0.717, 1.165) is 0 Å². The van der Waals surface area contributed by atoms with Crippen LogP contribution in [0.2, 0.25) is 10.0 Å². The highest BCUT2D eigenvalue weighted by Gasteiger charge is 2.35. The number of hydrogen-bond acceptors (Lipinski definition) is 6. The van der Waals surface area contributed by atoms with Crippen molar-refractivity contribution in [2.24, 2.45) is 10.7 Å². The first-order chi connectivity index (χ1) is 13.9. The Labute approximate surface area is 181 Å². The summed E-state index contributed by atoms with van der Waals surface area (Å²) in [5.74, 6) is -0.600. The van der Waals surface area contributed by atoms with Crippen LogP contribution in [0.25, 0.3) is 0 Å².